The van der Waals surface area contributed by atoms with E-state index >= 15 is 0 Å². The van der Waals surface area contributed by atoms with Crippen molar-refractivity contribution in [1.29, 1.82) is 0 Å². The highest BCUT2D eigenvalue weighted by Gasteiger charge is 2.60. The molecule has 6 atom stereocenters. The van der Waals surface area contributed by atoms with Crippen LogP contribution in [0.4, 0.5) is 0 Å². The summed E-state index contributed by atoms with van der Waals surface area (Å²) < 4.78 is 38.1. The molecule has 3 fully saturated rings. The van der Waals surface area contributed by atoms with Gasteiger partial charge in [-0.25, -0.2) is 0 Å². The minimum atomic E-state index is -0.718. The average molecular weight is 457 g/mol. The Hall–Kier alpha value is -0.540. The van der Waals surface area contributed by atoms with Crippen molar-refractivity contribution in [3.63, 3.8) is 0 Å². The summed E-state index contributed by atoms with van der Waals surface area (Å²) in [6.45, 7) is 10.2. The Kier molecular flexibility index (Phi) is 5.41. The van der Waals surface area contributed by atoms with E-state index in [1.807, 2.05) is 33.8 Å². The minimum Gasteiger partial charge on any atom is -0.374 e. The maximum absolute atomic E-state index is 6.49. The first-order valence-electron chi connectivity index (χ1n) is 9.72. The first kappa shape index (κ1) is 20.7. The Labute approximate surface area is 174 Å². The number of aryl methyl sites for hydroxylation is 1. The summed E-state index contributed by atoms with van der Waals surface area (Å²) in [5, 5.41) is 0. The van der Waals surface area contributed by atoms with E-state index < -0.39 is 11.6 Å². The third kappa shape index (κ3) is 3.78. The average Bonchev–Trinajstić information content (AvgIpc) is 2.93. The van der Waals surface area contributed by atoms with Crippen LogP contribution in [-0.4, -0.2) is 55.8 Å². The summed E-state index contributed by atoms with van der Waals surface area (Å²) in [7, 11) is 1.70. The van der Waals surface area contributed by atoms with Gasteiger partial charge in [0, 0.05) is 11.6 Å². The van der Waals surface area contributed by atoms with Crippen molar-refractivity contribution in [3.05, 3.63) is 33.8 Å². The predicted molar refractivity (Wildman–Crippen MR) is 106 cm³/mol. The van der Waals surface area contributed by atoms with Gasteiger partial charge in [0.05, 0.1) is 6.61 Å². The second kappa shape index (κ2) is 7.30. The van der Waals surface area contributed by atoms with E-state index in [-0.39, 0.29) is 36.6 Å². The van der Waals surface area contributed by atoms with Crippen LogP contribution in [0.25, 0.3) is 0 Å². The smallest absolute Gasteiger partial charge is 0.164 e. The molecular formula is C21H29BrO6. The van der Waals surface area contributed by atoms with Crippen molar-refractivity contribution >= 4 is 15.9 Å². The fourth-order valence-electron chi connectivity index (χ4n) is 4.46. The molecule has 0 amide bonds. The molecule has 0 saturated carbocycles. The molecule has 6 nitrogen and oxygen atoms in total. The van der Waals surface area contributed by atoms with Crippen molar-refractivity contribution in [2.45, 2.75) is 82.8 Å². The van der Waals surface area contributed by atoms with Crippen LogP contribution in [0, 0.1) is 6.92 Å². The topological polar surface area (TPSA) is 55.4 Å². The summed E-state index contributed by atoms with van der Waals surface area (Å²) in [5.74, 6) is -1.40. The second-order valence-electron chi connectivity index (χ2n) is 8.65. The molecular weight excluding hydrogens is 428 g/mol. The molecule has 156 valence electrons. The molecule has 0 aromatic heterocycles. The number of methoxy groups -OCH3 is 1. The molecule has 3 aliphatic heterocycles. The summed E-state index contributed by atoms with van der Waals surface area (Å²) in [5.41, 5.74) is 2.19. The van der Waals surface area contributed by atoms with Gasteiger partial charge in [-0.3, -0.25) is 0 Å². The van der Waals surface area contributed by atoms with Crippen LogP contribution in [0.2, 0.25) is 0 Å². The van der Waals surface area contributed by atoms with Gasteiger partial charge in [-0.15, -0.1) is 0 Å². The molecule has 0 radical (unpaired) electrons. The van der Waals surface area contributed by atoms with Gasteiger partial charge in [0.25, 0.3) is 0 Å². The number of halogens is 1. The fourth-order valence-corrected chi connectivity index (χ4v) is 4.93. The van der Waals surface area contributed by atoms with Gasteiger partial charge >= 0.3 is 0 Å². The molecule has 2 unspecified atom stereocenters. The standard InChI is InChI=1S/C21H29BrO6/c1-11-9-12(22)7-8-13(11)15(23-6)17-19-18(27-21(4,5)28-19)16-14(25-17)10-24-20(2,3)26-16/h7-9,14-19H,10H2,1-6H3/t14-,15?,16-,17?,18+,19-/m1/s1. The fraction of sp³-hybridized carbons (Fsp3) is 0.714. The maximum atomic E-state index is 6.49. The summed E-state index contributed by atoms with van der Waals surface area (Å²) in [6, 6.07) is 6.16. The van der Waals surface area contributed by atoms with E-state index in [1.54, 1.807) is 7.11 Å². The lowest BCUT2D eigenvalue weighted by Crippen LogP contribution is -2.64. The van der Waals surface area contributed by atoms with Crippen LogP contribution in [0.5, 0.6) is 0 Å². The molecule has 7 heteroatoms. The van der Waals surface area contributed by atoms with E-state index in [0.29, 0.717) is 6.61 Å². The maximum Gasteiger partial charge on any atom is 0.164 e. The van der Waals surface area contributed by atoms with E-state index in [4.69, 9.17) is 28.4 Å². The quantitative estimate of drug-likeness (QED) is 0.687. The molecule has 0 bridgehead atoms. The molecule has 3 heterocycles. The van der Waals surface area contributed by atoms with Gasteiger partial charge < -0.3 is 28.4 Å². The van der Waals surface area contributed by atoms with Crippen LogP contribution < -0.4 is 0 Å². The third-order valence-corrected chi connectivity index (χ3v) is 6.11. The minimum absolute atomic E-state index is 0.245. The highest BCUT2D eigenvalue weighted by atomic mass is 79.9. The first-order valence-corrected chi connectivity index (χ1v) is 10.5. The van der Waals surface area contributed by atoms with Crippen LogP contribution in [0.1, 0.15) is 44.9 Å². The number of fused-ring (bicyclic) bond motifs is 3. The van der Waals surface area contributed by atoms with Gasteiger partial charge in [0.15, 0.2) is 11.6 Å². The summed E-state index contributed by atoms with van der Waals surface area (Å²) in [4.78, 5) is 0. The van der Waals surface area contributed by atoms with Gasteiger partial charge in [-0.1, -0.05) is 22.0 Å². The Morgan fingerprint density at radius 1 is 1.04 bits per heavy atom. The highest BCUT2D eigenvalue weighted by molar-refractivity contribution is 9.10. The van der Waals surface area contributed by atoms with Gasteiger partial charge in [0.1, 0.15) is 36.6 Å². The largest absolute Gasteiger partial charge is 0.374 e. The van der Waals surface area contributed by atoms with E-state index in [1.165, 1.54) is 0 Å². The predicted octanol–water partition coefficient (Wildman–Crippen LogP) is 3.88. The van der Waals surface area contributed by atoms with Crippen LogP contribution in [0.3, 0.4) is 0 Å². The van der Waals surface area contributed by atoms with Crippen molar-refractivity contribution in [2.75, 3.05) is 13.7 Å². The Morgan fingerprint density at radius 2 is 1.71 bits per heavy atom. The number of benzene rings is 1. The molecule has 4 rings (SSSR count). The Bertz CT molecular complexity index is 736. The lowest BCUT2D eigenvalue weighted by Gasteiger charge is -2.49. The van der Waals surface area contributed by atoms with Crippen LogP contribution in [0.15, 0.2) is 22.7 Å². The zero-order valence-corrected chi connectivity index (χ0v) is 18.8. The zero-order chi connectivity index (χ0) is 20.3. The van der Waals surface area contributed by atoms with Gasteiger partial charge in [-0.05, 0) is 57.9 Å². The third-order valence-electron chi connectivity index (χ3n) is 5.62. The zero-order valence-electron chi connectivity index (χ0n) is 17.2. The van der Waals surface area contributed by atoms with Crippen LogP contribution >= 0.6 is 15.9 Å². The molecule has 0 aliphatic carbocycles. The molecule has 0 spiro atoms. The first-order chi connectivity index (χ1) is 13.1. The highest BCUT2D eigenvalue weighted by Crippen LogP contribution is 2.45. The number of hydrogen-bond donors (Lipinski definition) is 0. The number of hydrogen-bond acceptors (Lipinski definition) is 6. The van der Waals surface area contributed by atoms with Gasteiger partial charge in [0.2, 0.25) is 0 Å². The van der Waals surface area contributed by atoms with Crippen molar-refractivity contribution < 1.29 is 28.4 Å². The van der Waals surface area contributed by atoms with Crippen molar-refractivity contribution in [1.82, 2.24) is 0 Å². The lowest BCUT2D eigenvalue weighted by atomic mass is 9.88. The van der Waals surface area contributed by atoms with E-state index in [2.05, 4.69) is 35.0 Å². The SMILES string of the molecule is COC(c1ccc(Br)cc1C)C1O[C@@H]2COC(C)(C)O[C@H]2[C@@H]2OC(C)(C)O[C@H]12. The lowest BCUT2D eigenvalue weighted by molar-refractivity contribution is -0.353. The summed E-state index contributed by atoms with van der Waals surface area (Å²) in [6.07, 6.45) is -1.70. The monoisotopic (exact) mass is 456 g/mol. The van der Waals surface area contributed by atoms with Gasteiger partial charge in [-0.2, -0.15) is 0 Å². The second-order valence-corrected chi connectivity index (χ2v) is 9.57. The number of rotatable bonds is 3. The van der Waals surface area contributed by atoms with Crippen molar-refractivity contribution in [2.24, 2.45) is 0 Å². The summed E-state index contributed by atoms with van der Waals surface area (Å²) >= 11 is 3.53. The van der Waals surface area contributed by atoms with Crippen LogP contribution in [-0.2, 0) is 28.4 Å². The van der Waals surface area contributed by atoms with E-state index in [9.17, 15) is 0 Å². The molecule has 1 aromatic rings. The molecule has 0 N–H and O–H groups in total. The molecule has 3 aliphatic rings. The Morgan fingerprint density at radius 3 is 2.39 bits per heavy atom. The van der Waals surface area contributed by atoms with E-state index in [0.717, 1.165) is 15.6 Å². The number of ether oxygens (including phenoxy) is 6. The molecule has 1 aromatic carbocycles. The Balaban J connectivity index is 1.69. The van der Waals surface area contributed by atoms with Crippen molar-refractivity contribution in [3.8, 4) is 0 Å². The molecule has 3 saturated heterocycles. The normalized spacial score (nSPS) is 37.2. The molecule has 28 heavy (non-hydrogen) atoms.